The molecule has 1 aromatic rings. The average molecular weight is 434 g/mol. The molecule has 2 fully saturated rings. The van der Waals surface area contributed by atoms with Crippen molar-refractivity contribution in [1.82, 2.24) is 25.2 Å². The summed E-state index contributed by atoms with van der Waals surface area (Å²) in [6.45, 7) is 16.8. The van der Waals surface area contributed by atoms with Gasteiger partial charge in [0, 0.05) is 49.1 Å². The maximum Gasteiger partial charge on any atom is 0.139 e. The molecule has 0 aliphatic carbocycles. The number of carbonyl (C=O) groups is 1. The normalized spacial score (nSPS) is 24.6. The SMILES string of the molecule is CC(C)(C)OC[C@]12CCCN1[C@@H](Cn1cc(CCNCCC(=O)C(C)(C)C)nn1)CC2. The monoisotopic (exact) mass is 433 g/mol. The van der Waals surface area contributed by atoms with Gasteiger partial charge in [-0.05, 0) is 53.0 Å². The third kappa shape index (κ3) is 6.59. The van der Waals surface area contributed by atoms with Gasteiger partial charge in [0.25, 0.3) is 0 Å². The number of ether oxygens (including phenoxy) is 1. The van der Waals surface area contributed by atoms with Crippen LogP contribution >= 0.6 is 0 Å². The van der Waals surface area contributed by atoms with Crippen LogP contribution in [0.1, 0.15) is 79.3 Å². The van der Waals surface area contributed by atoms with Gasteiger partial charge in [-0.15, -0.1) is 5.10 Å². The van der Waals surface area contributed by atoms with Gasteiger partial charge in [-0.1, -0.05) is 26.0 Å². The standard InChI is InChI=1S/C24H43N5O2/c1-22(2,3)21(30)10-14-25-13-9-19-16-28(27-26-19)17-20-8-12-24(11-7-15-29(20)24)18-31-23(4,5)6/h16,20,25H,7-15,17-18H2,1-6H3/t20-,24-/m1/s1. The van der Waals surface area contributed by atoms with Crippen molar-refractivity contribution in [2.45, 2.75) is 104 Å². The van der Waals surface area contributed by atoms with Crippen molar-refractivity contribution in [3.05, 3.63) is 11.9 Å². The van der Waals surface area contributed by atoms with Gasteiger partial charge in [0.1, 0.15) is 5.78 Å². The molecule has 0 spiro atoms. The Balaban J connectivity index is 1.43. The second-order valence-electron chi connectivity index (χ2n) is 11.5. The average Bonchev–Trinajstić information content (AvgIpc) is 3.35. The molecule has 7 heteroatoms. The van der Waals surface area contributed by atoms with E-state index in [2.05, 4.69) is 47.5 Å². The molecule has 2 atom stereocenters. The lowest BCUT2D eigenvalue weighted by atomic mass is 9.89. The maximum atomic E-state index is 12.0. The zero-order valence-corrected chi connectivity index (χ0v) is 20.5. The van der Waals surface area contributed by atoms with E-state index in [1.54, 1.807) is 0 Å². The second kappa shape index (κ2) is 9.67. The Kier molecular flexibility index (Phi) is 7.59. The Hall–Kier alpha value is -1.31. The molecule has 2 aliphatic heterocycles. The Morgan fingerprint density at radius 2 is 2.00 bits per heavy atom. The van der Waals surface area contributed by atoms with Crippen molar-refractivity contribution in [2.75, 3.05) is 26.2 Å². The van der Waals surface area contributed by atoms with Crippen LogP contribution in [0.4, 0.5) is 0 Å². The number of ketones is 1. The van der Waals surface area contributed by atoms with Crippen LogP contribution in [0.2, 0.25) is 0 Å². The molecule has 0 bridgehead atoms. The minimum Gasteiger partial charge on any atom is -0.374 e. The van der Waals surface area contributed by atoms with Gasteiger partial charge in [-0.3, -0.25) is 14.4 Å². The smallest absolute Gasteiger partial charge is 0.139 e. The van der Waals surface area contributed by atoms with Gasteiger partial charge in [-0.25, -0.2) is 0 Å². The minimum atomic E-state index is -0.254. The summed E-state index contributed by atoms with van der Waals surface area (Å²) in [6.07, 6.45) is 8.42. The lowest BCUT2D eigenvalue weighted by Gasteiger charge is -2.37. The van der Waals surface area contributed by atoms with Crippen molar-refractivity contribution in [1.29, 1.82) is 0 Å². The van der Waals surface area contributed by atoms with E-state index >= 15 is 0 Å². The van der Waals surface area contributed by atoms with E-state index < -0.39 is 0 Å². The van der Waals surface area contributed by atoms with E-state index in [4.69, 9.17) is 4.74 Å². The van der Waals surface area contributed by atoms with Crippen molar-refractivity contribution in [3.8, 4) is 0 Å². The zero-order valence-electron chi connectivity index (χ0n) is 20.5. The summed E-state index contributed by atoms with van der Waals surface area (Å²) >= 11 is 0. The first kappa shape index (κ1) is 24.3. The topological polar surface area (TPSA) is 72.3 Å². The molecule has 3 heterocycles. The Morgan fingerprint density at radius 1 is 1.23 bits per heavy atom. The fourth-order valence-electron chi connectivity index (χ4n) is 4.83. The third-order valence-electron chi connectivity index (χ3n) is 6.72. The summed E-state index contributed by atoms with van der Waals surface area (Å²) in [5.41, 5.74) is 0.888. The van der Waals surface area contributed by atoms with Crippen LogP contribution < -0.4 is 5.32 Å². The summed E-state index contributed by atoms with van der Waals surface area (Å²) < 4.78 is 8.23. The van der Waals surface area contributed by atoms with Crippen molar-refractivity contribution in [2.24, 2.45) is 5.41 Å². The summed E-state index contributed by atoms with van der Waals surface area (Å²) in [4.78, 5) is 14.7. The van der Waals surface area contributed by atoms with Crippen molar-refractivity contribution in [3.63, 3.8) is 0 Å². The highest BCUT2D eigenvalue weighted by atomic mass is 16.5. The number of Topliss-reactive ketones (excluding diaryl/α,β-unsaturated/α-hetero) is 1. The van der Waals surface area contributed by atoms with Crippen LogP contribution in [-0.4, -0.2) is 69.1 Å². The second-order valence-corrected chi connectivity index (χ2v) is 11.5. The fraction of sp³-hybridized carbons (Fsp3) is 0.875. The minimum absolute atomic E-state index is 0.0873. The molecular formula is C24H43N5O2. The van der Waals surface area contributed by atoms with Gasteiger partial charge < -0.3 is 10.1 Å². The quantitative estimate of drug-likeness (QED) is 0.571. The van der Waals surface area contributed by atoms with E-state index in [0.29, 0.717) is 18.2 Å². The first-order chi connectivity index (χ1) is 14.5. The maximum absolute atomic E-state index is 12.0. The zero-order chi connectivity index (χ0) is 22.7. The molecule has 176 valence electrons. The number of aromatic nitrogens is 3. The van der Waals surface area contributed by atoms with Gasteiger partial charge >= 0.3 is 0 Å². The Bertz CT molecular complexity index is 733. The number of hydrogen-bond acceptors (Lipinski definition) is 6. The van der Waals surface area contributed by atoms with E-state index in [1.165, 1.54) is 25.7 Å². The Labute approximate surface area is 188 Å². The molecule has 0 unspecified atom stereocenters. The van der Waals surface area contributed by atoms with E-state index in [9.17, 15) is 4.79 Å². The van der Waals surface area contributed by atoms with E-state index in [1.807, 2.05) is 25.5 Å². The highest BCUT2D eigenvalue weighted by Gasteiger charge is 2.49. The van der Waals surface area contributed by atoms with Crippen molar-refractivity contribution >= 4 is 5.78 Å². The molecule has 7 nitrogen and oxygen atoms in total. The first-order valence-electron chi connectivity index (χ1n) is 12.0. The number of hydrogen-bond donors (Lipinski definition) is 1. The molecule has 0 amide bonds. The third-order valence-corrected chi connectivity index (χ3v) is 6.72. The fourth-order valence-corrected chi connectivity index (χ4v) is 4.83. The molecule has 31 heavy (non-hydrogen) atoms. The van der Waals surface area contributed by atoms with Gasteiger partial charge in [0.2, 0.25) is 0 Å². The number of nitrogens with zero attached hydrogens (tertiary/aromatic N) is 4. The molecule has 0 radical (unpaired) electrons. The molecule has 1 N–H and O–H groups in total. The summed E-state index contributed by atoms with van der Waals surface area (Å²) in [5, 5.41) is 12.1. The Morgan fingerprint density at radius 3 is 2.71 bits per heavy atom. The van der Waals surface area contributed by atoms with Crippen LogP contribution in [0.5, 0.6) is 0 Å². The summed E-state index contributed by atoms with van der Waals surface area (Å²) in [7, 11) is 0. The lowest BCUT2D eigenvalue weighted by molar-refractivity contribution is -0.126. The molecule has 0 saturated carbocycles. The predicted octanol–water partition coefficient (Wildman–Crippen LogP) is 3.23. The van der Waals surface area contributed by atoms with E-state index in [-0.39, 0.29) is 16.6 Å². The molecule has 2 saturated heterocycles. The van der Waals surface area contributed by atoms with Crippen LogP contribution in [-0.2, 0) is 22.5 Å². The first-order valence-corrected chi connectivity index (χ1v) is 12.0. The molecule has 1 aromatic heterocycles. The molecule has 0 aromatic carbocycles. The number of rotatable bonds is 10. The number of carbonyl (C=O) groups excluding carboxylic acids is 1. The van der Waals surface area contributed by atoms with Crippen LogP contribution in [0.3, 0.4) is 0 Å². The summed E-state index contributed by atoms with van der Waals surface area (Å²) in [5.74, 6) is 0.299. The van der Waals surface area contributed by atoms with Gasteiger partial charge in [0.15, 0.2) is 0 Å². The van der Waals surface area contributed by atoms with Crippen LogP contribution in [0, 0.1) is 5.41 Å². The van der Waals surface area contributed by atoms with Crippen LogP contribution in [0.25, 0.3) is 0 Å². The number of nitrogens with one attached hydrogen (secondary N) is 1. The number of fused-ring (bicyclic) bond motifs is 1. The van der Waals surface area contributed by atoms with Crippen LogP contribution in [0.15, 0.2) is 6.20 Å². The molecular weight excluding hydrogens is 390 g/mol. The van der Waals surface area contributed by atoms with Gasteiger partial charge in [-0.2, -0.15) is 0 Å². The predicted molar refractivity (Wildman–Crippen MR) is 123 cm³/mol. The van der Waals surface area contributed by atoms with Crippen molar-refractivity contribution < 1.29 is 9.53 Å². The van der Waals surface area contributed by atoms with E-state index in [0.717, 1.165) is 44.9 Å². The largest absolute Gasteiger partial charge is 0.374 e. The molecule has 2 aliphatic rings. The lowest BCUT2D eigenvalue weighted by Crippen LogP contribution is -2.48. The highest BCUT2D eigenvalue weighted by molar-refractivity contribution is 5.83. The van der Waals surface area contributed by atoms with Gasteiger partial charge in [0.05, 0.1) is 24.4 Å². The summed E-state index contributed by atoms with van der Waals surface area (Å²) in [6, 6.07) is 0.516. The highest BCUT2D eigenvalue weighted by Crippen LogP contribution is 2.43. The molecule has 3 rings (SSSR count).